The van der Waals surface area contributed by atoms with E-state index in [4.69, 9.17) is 23.7 Å². The Kier molecular flexibility index (Phi) is 8.72. The number of carbonyl (C=O) groups is 2. The Hall–Kier alpha value is -3.05. The van der Waals surface area contributed by atoms with E-state index in [0.717, 1.165) is 0 Å². The summed E-state index contributed by atoms with van der Waals surface area (Å²) in [5, 5.41) is 13.3. The highest BCUT2D eigenvalue weighted by Crippen LogP contribution is 2.27. The minimum absolute atomic E-state index is 0.268. The molecule has 10 heteroatoms. The molecule has 0 spiro atoms. The summed E-state index contributed by atoms with van der Waals surface area (Å²) in [5.74, 6) is -1.13. The molecule has 1 heterocycles. The average Bonchev–Trinajstić information content (AvgIpc) is 2.82. The number of hydrogen-bond acceptors (Lipinski definition) is 8. The number of nitrogens with one attached hydrogen (secondary N) is 1. The van der Waals surface area contributed by atoms with Gasteiger partial charge in [-0.05, 0) is 43.3 Å². The number of halogens is 1. The zero-order valence-corrected chi connectivity index (χ0v) is 18.2. The van der Waals surface area contributed by atoms with Gasteiger partial charge in [0.1, 0.15) is 30.7 Å². The van der Waals surface area contributed by atoms with Crippen LogP contribution in [0.15, 0.2) is 54.6 Å². The van der Waals surface area contributed by atoms with Gasteiger partial charge in [-0.15, -0.1) is 0 Å². The third-order valence-corrected chi connectivity index (χ3v) is 4.94. The first-order valence-electron chi connectivity index (χ1n) is 10.4. The summed E-state index contributed by atoms with van der Waals surface area (Å²) < 4.78 is 40.4. The lowest BCUT2D eigenvalue weighted by Crippen LogP contribution is -2.61. The Morgan fingerprint density at radius 1 is 1.09 bits per heavy atom. The molecule has 5 atom stereocenters. The number of amides is 1. The van der Waals surface area contributed by atoms with Gasteiger partial charge in [0.15, 0.2) is 12.4 Å². The Balaban J connectivity index is 1.71. The van der Waals surface area contributed by atoms with Crippen molar-refractivity contribution in [1.29, 1.82) is 0 Å². The standard InChI is InChI=1S/C23H26FNO8/c1-3-30-22-20(29-2)18(26)19(33-21(27)14-7-5-4-6-8-14)17(32-22)13-31-23(28)25-16-11-9-15(24)10-12-16/h4-12,17-20,22,26H,3,13H2,1-2H3,(H,25,28)/t17-,18+,19-,20-,22?/m1/s1. The molecule has 2 aromatic rings. The minimum atomic E-state index is -1.32. The number of rotatable bonds is 8. The molecule has 0 saturated carbocycles. The molecule has 1 aliphatic rings. The SMILES string of the molecule is CCOC1O[C@H](COC(=O)Nc2ccc(F)cc2)[C@@H](OC(=O)c2ccccc2)[C@H](O)[C@H]1OC. The van der Waals surface area contributed by atoms with Crippen LogP contribution in [0.3, 0.4) is 0 Å². The molecule has 1 saturated heterocycles. The van der Waals surface area contributed by atoms with Crippen molar-refractivity contribution in [3.05, 3.63) is 66.0 Å². The number of anilines is 1. The van der Waals surface area contributed by atoms with Crippen molar-refractivity contribution in [2.45, 2.75) is 37.6 Å². The van der Waals surface area contributed by atoms with Gasteiger partial charge in [-0.25, -0.2) is 14.0 Å². The van der Waals surface area contributed by atoms with Gasteiger partial charge < -0.3 is 28.8 Å². The zero-order chi connectivity index (χ0) is 23.8. The van der Waals surface area contributed by atoms with Gasteiger partial charge in [-0.3, -0.25) is 5.32 Å². The number of aliphatic hydroxyl groups excluding tert-OH is 1. The minimum Gasteiger partial charge on any atom is -0.453 e. The van der Waals surface area contributed by atoms with Gasteiger partial charge >= 0.3 is 12.1 Å². The number of hydrogen-bond donors (Lipinski definition) is 2. The third kappa shape index (κ3) is 6.48. The van der Waals surface area contributed by atoms with Crippen LogP contribution >= 0.6 is 0 Å². The fourth-order valence-corrected chi connectivity index (χ4v) is 3.33. The van der Waals surface area contributed by atoms with Gasteiger partial charge in [-0.1, -0.05) is 18.2 Å². The van der Waals surface area contributed by atoms with Crippen LogP contribution in [0.5, 0.6) is 0 Å². The van der Waals surface area contributed by atoms with Crippen LogP contribution in [0.2, 0.25) is 0 Å². The van der Waals surface area contributed by atoms with Gasteiger partial charge in [0.25, 0.3) is 0 Å². The van der Waals surface area contributed by atoms with E-state index in [1.54, 1.807) is 37.3 Å². The molecule has 0 aliphatic carbocycles. The Labute approximate surface area is 190 Å². The fourth-order valence-electron chi connectivity index (χ4n) is 3.33. The lowest BCUT2D eigenvalue weighted by molar-refractivity contribution is -0.303. The maximum atomic E-state index is 13.0. The fraction of sp³-hybridized carbons (Fsp3) is 0.391. The molecule has 0 bridgehead atoms. The average molecular weight is 463 g/mol. The molecule has 178 valence electrons. The van der Waals surface area contributed by atoms with Gasteiger partial charge in [-0.2, -0.15) is 0 Å². The van der Waals surface area contributed by atoms with E-state index < -0.39 is 48.6 Å². The van der Waals surface area contributed by atoms with Crippen LogP contribution < -0.4 is 5.32 Å². The molecule has 9 nitrogen and oxygen atoms in total. The molecule has 1 amide bonds. The second-order valence-corrected chi connectivity index (χ2v) is 7.16. The third-order valence-electron chi connectivity index (χ3n) is 4.94. The molecule has 1 fully saturated rings. The van der Waals surface area contributed by atoms with E-state index >= 15 is 0 Å². The summed E-state index contributed by atoms with van der Waals surface area (Å²) in [6, 6.07) is 13.3. The summed E-state index contributed by atoms with van der Waals surface area (Å²) in [6.45, 7) is 1.65. The monoisotopic (exact) mass is 463 g/mol. The van der Waals surface area contributed by atoms with E-state index in [1.807, 2.05) is 0 Å². The predicted molar refractivity (Wildman–Crippen MR) is 114 cm³/mol. The maximum Gasteiger partial charge on any atom is 0.411 e. The molecule has 0 aromatic heterocycles. The van der Waals surface area contributed by atoms with Gasteiger partial charge in [0.05, 0.1) is 5.56 Å². The van der Waals surface area contributed by atoms with Crippen molar-refractivity contribution < 1.29 is 42.8 Å². The highest BCUT2D eigenvalue weighted by atomic mass is 19.1. The van der Waals surface area contributed by atoms with E-state index in [1.165, 1.54) is 31.4 Å². The smallest absolute Gasteiger partial charge is 0.411 e. The lowest BCUT2D eigenvalue weighted by Gasteiger charge is -2.42. The highest BCUT2D eigenvalue weighted by molar-refractivity contribution is 5.89. The number of ether oxygens (including phenoxy) is 5. The van der Waals surface area contributed by atoms with Crippen molar-refractivity contribution in [1.82, 2.24) is 0 Å². The molecule has 2 N–H and O–H groups in total. The van der Waals surface area contributed by atoms with Crippen molar-refractivity contribution in [3.8, 4) is 0 Å². The predicted octanol–water partition coefficient (Wildman–Crippen LogP) is 2.74. The van der Waals surface area contributed by atoms with Crippen LogP contribution in [0.4, 0.5) is 14.9 Å². The molecule has 33 heavy (non-hydrogen) atoms. The molecule has 0 radical (unpaired) electrons. The summed E-state index contributed by atoms with van der Waals surface area (Å²) in [6.07, 6.45) is -6.33. The van der Waals surface area contributed by atoms with Gasteiger partial charge in [0, 0.05) is 19.4 Å². The first-order valence-corrected chi connectivity index (χ1v) is 10.4. The second-order valence-electron chi connectivity index (χ2n) is 7.16. The Morgan fingerprint density at radius 2 is 1.79 bits per heavy atom. The number of esters is 1. The number of benzene rings is 2. The molecular formula is C23H26FNO8. The van der Waals surface area contributed by atoms with Crippen LogP contribution in [0.1, 0.15) is 17.3 Å². The van der Waals surface area contributed by atoms with Crippen molar-refractivity contribution in [2.75, 3.05) is 25.6 Å². The largest absolute Gasteiger partial charge is 0.453 e. The number of carbonyl (C=O) groups excluding carboxylic acids is 2. The summed E-state index contributed by atoms with van der Waals surface area (Å²) in [4.78, 5) is 24.8. The van der Waals surface area contributed by atoms with Crippen molar-refractivity contribution >= 4 is 17.7 Å². The molecule has 3 rings (SSSR count). The molecular weight excluding hydrogens is 437 g/mol. The quantitative estimate of drug-likeness (QED) is 0.575. The molecule has 2 aromatic carbocycles. The van der Waals surface area contributed by atoms with E-state index in [0.29, 0.717) is 5.69 Å². The second kappa shape index (κ2) is 11.7. The zero-order valence-electron chi connectivity index (χ0n) is 18.2. The van der Waals surface area contributed by atoms with Crippen LogP contribution in [0, 0.1) is 5.82 Å². The summed E-state index contributed by atoms with van der Waals surface area (Å²) in [7, 11) is 1.37. The normalized spacial score (nSPS) is 24.7. The Bertz CT molecular complexity index is 910. The van der Waals surface area contributed by atoms with Crippen LogP contribution in [-0.4, -0.2) is 68.2 Å². The first kappa shape index (κ1) is 24.6. The summed E-state index contributed by atoms with van der Waals surface area (Å²) in [5.41, 5.74) is 0.601. The first-order chi connectivity index (χ1) is 15.9. The van der Waals surface area contributed by atoms with Crippen molar-refractivity contribution in [2.24, 2.45) is 0 Å². The lowest BCUT2D eigenvalue weighted by atomic mass is 9.98. The Morgan fingerprint density at radius 3 is 2.42 bits per heavy atom. The summed E-state index contributed by atoms with van der Waals surface area (Å²) >= 11 is 0. The number of methoxy groups -OCH3 is 1. The van der Waals surface area contributed by atoms with Crippen LogP contribution in [-0.2, 0) is 23.7 Å². The molecule has 1 aliphatic heterocycles. The van der Waals surface area contributed by atoms with E-state index in [2.05, 4.69) is 5.32 Å². The van der Waals surface area contributed by atoms with Gasteiger partial charge in [0.2, 0.25) is 0 Å². The van der Waals surface area contributed by atoms with E-state index in [9.17, 15) is 19.1 Å². The van der Waals surface area contributed by atoms with Crippen molar-refractivity contribution in [3.63, 3.8) is 0 Å². The maximum absolute atomic E-state index is 13.0. The van der Waals surface area contributed by atoms with Crippen LogP contribution in [0.25, 0.3) is 0 Å². The molecule has 1 unspecified atom stereocenters. The topological polar surface area (TPSA) is 113 Å². The van der Waals surface area contributed by atoms with E-state index in [-0.39, 0.29) is 18.8 Å². The highest BCUT2D eigenvalue weighted by Gasteiger charge is 2.48. The number of aliphatic hydroxyl groups is 1.